The molecule has 0 spiro atoms. The van der Waals surface area contributed by atoms with E-state index in [1.54, 1.807) is 18.3 Å². The topological polar surface area (TPSA) is 98.5 Å². The predicted octanol–water partition coefficient (Wildman–Crippen LogP) is 1.38. The molecule has 3 aromatic rings. The Morgan fingerprint density at radius 3 is 3.00 bits per heavy atom. The van der Waals surface area contributed by atoms with Gasteiger partial charge in [-0.1, -0.05) is 6.07 Å². The molecule has 0 bridgehead atoms. The fourth-order valence-corrected chi connectivity index (χ4v) is 1.64. The number of imidazole rings is 1. The number of hydrogen-bond acceptors (Lipinski definition) is 4. The van der Waals surface area contributed by atoms with Crippen molar-refractivity contribution in [3.63, 3.8) is 0 Å². The van der Waals surface area contributed by atoms with Crippen molar-refractivity contribution in [1.29, 1.82) is 5.26 Å². The van der Waals surface area contributed by atoms with Crippen molar-refractivity contribution in [3.8, 4) is 17.3 Å². The van der Waals surface area contributed by atoms with Gasteiger partial charge in [-0.25, -0.2) is 9.78 Å². The van der Waals surface area contributed by atoms with Gasteiger partial charge in [0.25, 0.3) is 0 Å². The van der Waals surface area contributed by atoms with E-state index in [0.29, 0.717) is 16.8 Å². The van der Waals surface area contributed by atoms with E-state index < -0.39 is 5.76 Å². The minimum Gasteiger partial charge on any atom is -0.408 e. The lowest BCUT2D eigenvalue weighted by Crippen LogP contribution is -1.92. The zero-order valence-electron chi connectivity index (χ0n) is 8.52. The molecule has 0 aliphatic rings. The van der Waals surface area contributed by atoms with E-state index in [-0.39, 0.29) is 5.82 Å². The van der Waals surface area contributed by atoms with Crippen LogP contribution in [0, 0.1) is 11.3 Å². The van der Waals surface area contributed by atoms with Crippen LogP contribution in [0.15, 0.2) is 33.6 Å². The van der Waals surface area contributed by atoms with Crippen LogP contribution in [-0.4, -0.2) is 15.0 Å². The van der Waals surface area contributed by atoms with Gasteiger partial charge in [0.15, 0.2) is 5.58 Å². The van der Waals surface area contributed by atoms with E-state index in [1.165, 1.54) is 0 Å². The Morgan fingerprint density at radius 2 is 2.24 bits per heavy atom. The van der Waals surface area contributed by atoms with Crippen molar-refractivity contribution in [2.45, 2.75) is 0 Å². The molecule has 0 aliphatic heterocycles. The van der Waals surface area contributed by atoms with Crippen LogP contribution in [0.1, 0.15) is 5.82 Å². The Hall–Kier alpha value is -2.81. The summed E-state index contributed by atoms with van der Waals surface area (Å²) in [4.78, 5) is 20.3. The molecule has 0 atom stereocenters. The van der Waals surface area contributed by atoms with Crippen LogP contribution >= 0.6 is 0 Å². The molecule has 0 saturated carbocycles. The number of nitrogens with zero attached hydrogens (tertiary/aromatic N) is 2. The van der Waals surface area contributed by atoms with E-state index >= 15 is 0 Å². The van der Waals surface area contributed by atoms with Crippen molar-refractivity contribution < 1.29 is 4.42 Å². The number of aromatic nitrogens is 3. The lowest BCUT2D eigenvalue weighted by molar-refractivity contribution is 0.555. The molecule has 6 nitrogen and oxygen atoms in total. The van der Waals surface area contributed by atoms with Gasteiger partial charge >= 0.3 is 5.76 Å². The van der Waals surface area contributed by atoms with Gasteiger partial charge in [-0.15, -0.1) is 0 Å². The monoisotopic (exact) mass is 226 g/mol. The third-order valence-corrected chi connectivity index (χ3v) is 2.41. The molecule has 0 unspecified atom stereocenters. The minimum atomic E-state index is -0.487. The predicted molar refractivity (Wildman–Crippen MR) is 59.1 cm³/mol. The van der Waals surface area contributed by atoms with Crippen LogP contribution in [0.2, 0.25) is 0 Å². The summed E-state index contributed by atoms with van der Waals surface area (Å²) in [5.74, 6) is -0.241. The van der Waals surface area contributed by atoms with Gasteiger partial charge in [-0.3, -0.25) is 4.98 Å². The van der Waals surface area contributed by atoms with Gasteiger partial charge in [-0.2, -0.15) is 5.26 Å². The molecule has 0 amide bonds. The third-order valence-electron chi connectivity index (χ3n) is 2.41. The highest BCUT2D eigenvalue weighted by molar-refractivity contribution is 5.78. The molecule has 2 aromatic heterocycles. The van der Waals surface area contributed by atoms with Gasteiger partial charge in [0, 0.05) is 5.56 Å². The summed E-state index contributed by atoms with van der Waals surface area (Å²) >= 11 is 0. The quantitative estimate of drug-likeness (QED) is 0.654. The zero-order valence-corrected chi connectivity index (χ0v) is 8.52. The number of benzene rings is 1. The van der Waals surface area contributed by atoms with Gasteiger partial charge in [0.1, 0.15) is 6.07 Å². The molecule has 2 N–H and O–H groups in total. The maximum absolute atomic E-state index is 11.0. The molecule has 0 radical (unpaired) electrons. The Labute approximate surface area is 94.5 Å². The highest BCUT2D eigenvalue weighted by Crippen LogP contribution is 2.21. The van der Waals surface area contributed by atoms with E-state index in [4.69, 9.17) is 9.68 Å². The van der Waals surface area contributed by atoms with Gasteiger partial charge in [-0.05, 0) is 12.1 Å². The first kappa shape index (κ1) is 9.42. The van der Waals surface area contributed by atoms with Gasteiger partial charge < -0.3 is 9.40 Å². The Bertz CT molecular complexity index is 788. The number of hydrogen-bond donors (Lipinski definition) is 2. The van der Waals surface area contributed by atoms with Gasteiger partial charge in [0.05, 0.1) is 17.4 Å². The normalized spacial score (nSPS) is 10.5. The maximum atomic E-state index is 11.0. The summed E-state index contributed by atoms with van der Waals surface area (Å²) in [7, 11) is 0. The fourth-order valence-electron chi connectivity index (χ4n) is 1.64. The molecule has 2 heterocycles. The molecule has 3 rings (SSSR count). The van der Waals surface area contributed by atoms with Crippen molar-refractivity contribution in [1.82, 2.24) is 15.0 Å². The summed E-state index contributed by atoms with van der Waals surface area (Å²) in [6.45, 7) is 0. The summed E-state index contributed by atoms with van der Waals surface area (Å²) in [5.41, 5.74) is 2.61. The summed E-state index contributed by atoms with van der Waals surface area (Å²) < 4.78 is 4.95. The molecule has 1 aromatic carbocycles. The molecule has 17 heavy (non-hydrogen) atoms. The lowest BCUT2D eigenvalue weighted by Gasteiger charge is -1.95. The van der Waals surface area contributed by atoms with Crippen LogP contribution in [0.25, 0.3) is 22.4 Å². The lowest BCUT2D eigenvalue weighted by atomic mass is 10.1. The van der Waals surface area contributed by atoms with Crippen molar-refractivity contribution in [3.05, 3.63) is 40.8 Å². The smallest absolute Gasteiger partial charge is 0.408 e. The molecule has 6 heteroatoms. The average Bonchev–Trinajstić information content (AvgIpc) is 2.92. The number of oxazole rings is 1. The first-order valence-electron chi connectivity index (χ1n) is 4.84. The number of nitrogens with one attached hydrogen (secondary N) is 2. The number of fused-ring (bicyclic) bond motifs is 1. The second kappa shape index (κ2) is 3.35. The van der Waals surface area contributed by atoms with Crippen LogP contribution in [0.3, 0.4) is 0 Å². The Morgan fingerprint density at radius 1 is 1.35 bits per heavy atom. The molecule has 0 saturated heterocycles. The molecule has 82 valence electrons. The number of rotatable bonds is 1. The highest BCUT2D eigenvalue weighted by Gasteiger charge is 2.06. The zero-order chi connectivity index (χ0) is 11.8. The Kier molecular flexibility index (Phi) is 1.86. The highest BCUT2D eigenvalue weighted by atomic mass is 16.4. The van der Waals surface area contributed by atoms with Crippen LogP contribution < -0.4 is 5.76 Å². The van der Waals surface area contributed by atoms with E-state index in [0.717, 1.165) is 5.56 Å². The van der Waals surface area contributed by atoms with Crippen molar-refractivity contribution in [2.24, 2.45) is 0 Å². The number of H-pyrrole nitrogens is 2. The second-order valence-electron chi connectivity index (χ2n) is 3.48. The van der Waals surface area contributed by atoms with E-state index in [9.17, 15) is 4.79 Å². The molecular formula is C11H6N4O2. The SMILES string of the molecule is N#Cc1ncc(-c2ccc3[nH]c(=O)oc3c2)[nH]1. The van der Waals surface area contributed by atoms with Crippen LogP contribution in [0.4, 0.5) is 0 Å². The molecule has 0 fully saturated rings. The molecule has 0 aliphatic carbocycles. The van der Waals surface area contributed by atoms with Gasteiger partial charge in [0.2, 0.25) is 5.82 Å². The fraction of sp³-hybridized carbons (Fsp3) is 0. The number of nitriles is 1. The second-order valence-corrected chi connectivity index (χ2v) is 3.48. The third kappa shape index (κ3) is 1.50. The van der Waals surface area contributed by atoms with E-state index in [1.807, 2.05) is 12.1 Å². The molecular weight excluding hydrogens is 220 g/mol. The summed E-state index contributed by atoms with van der Waals surface area (Å²) in [6.07, 6.45) is 1.56. The minimum absolute atomic E-state index is 0.246. The maximum Gasteiger partial charge on any atom is 0.417 e. The largest absolute Gasteiger partial charge is 0.417 e. The first-order valence-corrected chi connectivity index (χ1v) is 4.84. The van der Waals surface area contributed by atoms with E-state index in [2.05, 4.69) is 15.0 Å². The van der Waals surface area contributed by atoms with Crippen LogP contribution in [-0.2, 0) is 0 Å². The average molecular weight is 226 g/mol. The summed E-state index contributed by atoms with van der Waals surface area (Å²) in [6, 6.07) is 7.17. The number of aromatic amines is 2. The van der Waals surface area contributed by atoms with Crippen LogP contribution in [0.5, 0.6) is 0 Å². The standard InChI is InChI=1S/C11H6N4O2/c12-4-10-13-5-8(14-10)6-1-2-7-9(3-6)17-11(16)15-7/h1-3,5H,(H,13,14)(H,15,16). The van der Waals surface area contributed by atoms with Crippen molar-refractivity contribution >= 4 is 11.1 Å². The Balaban J connectivity index is 2.17. The van der Waals surface area contributed by atoms with Crippen molar-refractivity contribution in [2.75, 3.05) is 0 Å². The summed E-state index contributed by atoms with van der Waals surface area (Å²) in [5, 5.41) is 8.66. The first-order chi connectivity index (χ1) is 8.26.